The van der Waals surface area contributed by atoms with Gasteiger partial charge >= 0.3 is 0 Å². The topological polar surface area (TPSA) is 64.0 Å². The van der Waals surface area contributed by atoms with E-state index in [4.69, 9.17) is 0 Å². The van der Waals surface area contributed by atoms with Crippen molar-refractivity contribution in [1.29, 1.82) is 0 Å². The summed E-state index contributed by atoms with van der Waals surface area (Å²) in [5.74, 6) is 0.981. The van der Waals surface area contributed by atoms with Crippen LogP contribution in [0.25, 0.3) is 0 Å². The molecule has 0 aromatic carbocycles. The molecule has 2 saturated heterocycles. The van der Waals surface area contributed by atoms with Crippen LogP contribution in [0.2, 0.25) is 0 Å². The van der Waals surface area contributed by atoms with E-state index in [0.717, 1.165) is 45.4 Å². The highest BCUT2D eigenvalue weighted by molar-refractivity contribution is 5.86. The molecular formula is C19H34N2O3. The second-order valence-electron chi connectivity index (χ2n) is 8.29. The Balaban J connectivity index is 1.54. The molecule has 0 radical (unpaired) electrons. The van der Waals surface area contributed by atoms with Crippen LogP contribution in [0.1, 0.15) is 57.8 Å². The summed E-state index contributed by atoms with van der Waals surface area (Å²) in [5, 5.41) is 20.3. The lowest BCUT2D eigenvalue weighted by Gasteiger charge is -2.43. The van der Waals surface area contributed by atoms with Crippen molar-refractivity contribution in [3.63, 3.8) is 0 Å². The number of aliphatic hydroxyl groups excluding tert-OH is 1. The first-order valence-corrected chi connectivity index (χ1v) is 9.96. The summed E-state index contributed by atoms with van der Waals surface area (Å²) in [6, 6.07) is 0. The summed E-state index contributed by atoms with van der Waals surface area (Å²) < 4.78 is 0. The van der Waals surface area contributed by atoms with Crippen molar-refractivity contribution >= 4 is 5.91 Å². The average Bonchev–Trinajstić information content (AvgIpc) is 2.61. The zero-order valence-electron chi connectivity index (χ0n) is 15.0. The van der Waals surface area contributed by atoms with Crippen molar-refractivity contribution in [2.45, 2.75) is 63.4 Å². The van der Waals surface area contributed by atoms with Crippen molar-refractivity contribution in [2.75, 3.05) is 39.3 Å². The standard InChI is InChI=1S/C19H34N2O3/c22-14-17-7-11-20(12-8-17)15-19(24)9-4-10-21(18(19)23)13-16-5-2-1-3-6-16/h16-17,22,24H,1-15H2/t19-/m1/s1. The van der Waals surface area contributed by atoms with Gasteiger partial charge in [0, 0.05) is 26.2 Å². The van der Waals surface area contributed by atoms with Gasteiger partial charge in [-0.1, -0.05) is 19.3 Å². The number of aliphatic hydroxyl groups is 2. The molecule has 0 spiro atoms. The molecule has 24 heavy (non-hydrogen) atoms. The summed E-state index contributed by atoms with van der Waals surface area (Å²) in [5.41, 5.74) is -1.20. The maximum atomic E-state index is 12.9. The van der Waals surface area contributed by atoms with E-state index in [1.165, 1.54) is 32.1 Å². The summed E-state index contributed by atoms with van der Waals surface area (Å²) in [6.07, 6.45) is 9.80. The van der Waals surface area contributed by atoms with Gasteiger partial charge in [-0.15, -0.1) is 0 Å². The molecule has 0 aromatic rings. The van der Waals surface area contributed by atoms with Crippen molar-refractivity contribution in [2.24, 2.45) is 11.8 Å². The minimum atomic E-state index is -1.20. The third kappa shape index (κ3) is 4.30. The van der Waals surface area contributed by atoms with Gasteiger partial charge in [0.05, 0.1) is 0 Å². The second-order valence-corrected chi connectivity index (χ2v) is 8.29. The van der Waals surface area contributed by atoms with Crippen LogP contribution in [-0.2, 0) is 4.79 Å². The molecule has 0 aromatic heterocycles. The number of piperidine rings is 2. The number of nitrogens with zero attached hydrogens (tertiary/aromatic N) is 2. The Morgan fingerprint density at radius 3 is 2.33 bits per heavy atom. The van der Waals surface area contributed by atoms with Crippen LogP contribution in [0.4, 0.5) is 0 Å². The first-order chi connectivity index (χ1) is 11.6. The Morgan fingerprint density at radius 1 is 0.958 bits per heavy atom. The van der Waals surface area contributed by atoms with Crippen LogP contribution in [-0.4, -0.2) is 70.9 Å². The second kappa shape index (κ2) is 8.15. The van der Waals surface area contributed by atoms with Crippen molar-refractivity contribution < 1.29 is 15.0 Å². The monoisotopic (exact) mass is 338 g/mol. The molecule has 1 saturated carbocycles. The number of hydrogen-bond donors (Lipinski definition) is 2. The maximum Gasteiger partial charge on any atom is 0.255 e. The van der Waals surface area contributed by atoms with E-state index in [0.29, 0.717) is 24.8 Å². The summed E-state index contributed by atoms with van der Waals surface area (Å²) in [6.45, 7) is 4.13. The van der Waals surface area contributed by atoms with Gasteiger partial charge in [-0.05, 0) is 63.5 Å². The van der Waals surface area contributed by atoms with E-state index in [9.17, 15) is 15.0 Å². The lowest BCUT2D eigenvalue weighted by Crippen LogP contribution is -2.60. The Morgan fingerprint density at radius 2 is 1.67 bits per heavy atom. The minimum absolute atomic E-state index is 0.0383. The van der Waals surface area contributed by atoms with Crippen LogP contribution in [0.3, 0.4) is 0 Å². The van der Waals surface area contributed by atoms with Crippen LogP contribution >= 0.6 is 0 Å². The number of likely N-dealkylation sites (tertiary alicyclic amines) is 2. The molecule has 3 rings (SSSR count). The normalized spacial score (nSPS) is 31.6. The van der Waals surface area contributed by atoms with E-state index in [2.05, 4.69) is 4.90 Å². The third-order valence-electron chi connectivity index (χ3n) is 6.36. The molecule has 2 N–H and O–H groups in total. The molecule has 1 atom stereocenters. The number of hydrogen-bond acceptors (Lipinski definition) is 4. The first-order valence-electron chi connectivity index (χ1n) is 9.96. The highest BCUT2D eigenvalue weighted by Gasteiger charge is 2.44. The van der Waals surface area contributed by atoms with Gasteiger partial charge in [-0.2, -0.15) is 0 Å². The maximum absolute atomic E-state index is 12.9. The Hall–Kier alpha value is -0.650. The van der Waals surface area contributed by atoms with Gasteiger partial charge in [0.25, 0.3) is 5.91 Å². The number of carbonyl (C=O) groups excluding carboxylic acids is 1. The molecule has 2 aliphatic heterocycles. The predicted octanol–water partition coefficient (Wildman–Crippen LogP) is 1.62. The van der Waals surface area contributed by atoms with Gasteiger partial charge in [-0.3, -0.25) is 9.69 Å². The van der Waals surface area contributed by atoms with Gasteiger partial charge in [0.1, 0.15) is 0 Å². The molecule has 0 bridgehead atoms. The van der Waals surface area contributed by atoms with Crippen LogP contribution in [0.5, 0.6) is 0 Å². The van der Waals surface area contributed by atoms with E-state index >= 15 is 0 Å². The van der Waals surface area contributed by atoms with E-state index < -0.39 is 5.60 Å². The molecule has 1 amide bonds. The van der Waals surface area contributed by atoms with Crippen LogP contribution in [0.15, 0.2) is 0 Å². The summed E-state index contributed by atoms with van der Waals surface area (Å²) >= 11 is 0. The fourth-order valence-corrected chi connectivity index (χ4v) is 4.76. The molecule has 1 aliphatic carbocycles. The highest BCUT2D eigenvalue weighted by atomic mass is 16.3. The average molecular weight is 338 g/mol. The fraction of sp³-hybridized carbons (Fsp3) is 0.947. The van der Waals surface area contributed by atoms with Gasteiger partial charge < -0.3 is 15.1 Å². The summed E-state index contributed by atoms with van der Waals surface area (Å²) in [7, 11) is 0. The molecule has 5 nitrogen and oxygen atoms in total. The quantitative estimate of drug-likeness (QED) is 0.800. The van der Waals surface area contributed by atoms with E-state index in [-0.39, 0.29) is 12.5 Å². The fourth-order valence-electron chi connectivity index (χ4n) is 4.76. The third-order valence-corrected chi connectivity index (χ3v) is 6.36. The molecule has 2 heterocycles. The zero-order valence-corrected chi connectivity index (χ0v) is 15.0. The minimum Gasteiger partial charge on any atom is -0.396 e. The van der Waals surface area contributed by atoms with Crippen LogP contribution < -0.4 is 0 Å². The molecular weight excluding hydrogens is 304 g/mol. The number of β-amino-alcohol motifs (C(OH)–C–C–N with tert-alkyl or cyclic N) is 1. The largest absolute Gasteiger partial charge is 0.396 e. The van der Waals surface area contributed by atoms with Gasteiger partial charge in [0.15, 0.2) is 5.60 Å². The van der Waals surface area contributed by atoms with E-state index in [1.807, 2.05) is 4.90 Å². The lowest BCUT2D eigenvalue weighted by atomic mass is 9.86. The van der Waals surface area contributed by atoms with Crippen molar-refractivity contribution in [3.8, 4) is 0 Å². The zero-order chi connectivity index (χ0) is 17.0. The predicted molar refractivity (Wildman–Crippen MR) is 93.6 cm³/mol. The lowest BCUT2D eigenvalue weighted by molar-refractivity contribution is -0.161. The van der Waals surface area contributed by atoms with Crippen LogP contribution in [0, 0.1) is 11.8 Å². The number of amides is 1. The first kappa shape index (κ1) is 18.2. The highest BCUT2D eigenvalue weighted by Crippen LogP contribution is 2.30. The molecule has 3 fully saturated rings. The van der Waals surface area contributed by atoms with Gasteiger partial charge in [0.2, 0.25) is 0 Å². The van der Waals surface area contributed by atoms with Gasteiger partial charge in [-0.25, -0.2) is 0 Å². The molecule has 138 valence electrons. The van der Waals surface area contributed by atoms with E-state index in [1.54, 1.807) is 0 Å². The molecule has 0 unspecified atom stereocenters. The van der Waals surface area contributed by atoms with Crippen molar-refractivity contribution in [1.82, 2.24) is 9.80 Å². The number of carbonyl (C=O) groups is 1. The Bertz CT molecular complexity index is 417. The molecule has 5 heteroatoms. The number of rotatable bonds is 5. The smallest absolute Gasteiger partial charge is 0.255 e. The Kier molecular flexibility index (Phi) is 6.17. The summed E-state index contributed by atoms with van der Waals surface area (Å²) in [4.78, 5) is 17.1. The SMILES string of the molecule is O=C1N(CC2CCCCC2)CCC[C@@]1(O)CN1CCC(CO)CC1. The molecule has 3 aliphatic rings. The van der Waals surface area contributed by atoms with Crippen molar-refractivity contribution in [3.05, 3.63) is 0 Å². The Labute approximate surface area is 146 Å².